The van der Waals surface area contributed by atoms with Crippen LogP contribution in [0.1, 0.15) is 16.8 Å². The van der Waals surface area contributed by atoms with Gasteiger partial charge in [-0.2, -0.15) is 0 Å². The Kier molecular flexibility index (Phi) is 6.46. The number of nitrogens with two attached hydrogens (primary N) is 1. The quantitative estimate of drug-likeness (QED) is 0.425. The molecule has 0 heterocycles. The van der Waals surface area contributed by atoms with Gasteiger partial charge in [0.05, 0.1) is 5.69 Å². The molecule has 1 aromatic rings. The normalized spacial score (nSPS) is 9.95. The number of ether oxygens (including phenoxy) is 2. The number of hydrogen-bond donors (Lipinski definition) is 2. The second-order valence-electron chi connectivity index (χ2n) is 3.95. The minimum atomic E-state index is -0.155. The third-order valence-electron chi connectivity index (χ3n) is 2.44. The van der Waals surface area contributed by atoms with Crippen LogP contribution in [0.4, 0.5) is 5.69 Å². The molecule has 1 amide bonds. The minimum Gasteiger partial charge on any atom is -0.487 e. The third kappa shape index (κ3) is 5.01. The summed E-state index contributed by atoms with van der Waals surface area (Å²) in [5.41, 5.74) is 6.77. The molecule has 0 spiro atoms. The minimum absolute atomic E-state index is 0.155. The summed E-state index contributed by atoms with van der Waals surface area (Å²) in [6.07, 6.45) is 2.41. The maximum atomic E-state index is 11.8. The van der Waals surface area contributed by atoms with E-state index in [1.54, 1.807) is 31.4 Å². The summed E-state index contributed by atoms with van der Waals surface area (Å²) in [5, 5.41) is 2.79. The average molecular weight is 264 g/mol. The van der Waals surface area contributed by atoms with Crippen LogP contribution in [0.25, 0.3) is 0 Å². The Labute approximate surface area is 113 Å². The van der Waals surface area contributed by atoms with Gasteiger partial charge in [-0.25, -0.2) is 0 Å². The molecule has 0 unspecified atom stereocenters. The lowest BCUT2D eigenvalue weighted by Gasteiger charge is -2.09. The van der Waals surface area contributed by atoms with E-state index in [4.69, 9.17) is 15.2 Å². The van der Waals surface area contributed by atoms with Gasteiger partial charge in [0.15, 0.2) is 0 Å². The molecule has 0 bridgehead atoms. The van der Waals surface area contributed by atoms with E-state index in [1.165, 1.54) is 0 Å². The van der Waals surface area contributed by atoms with Crippen molar-refractivity contribution in [3.8, 4) is 5.75 Å². The van der Waals surface area contributed by atoms with E-state index < -0.39 is 0 Å². The van der Waals surface area contributed by atoms with Gasteiger partial charge in [0, 0.05) is 25.8 Å². The van der Waals surface area contributed by atoms with Crippen LogP contribution in [0.15, 0.2) is 30.9 Å². The van der Waals surface area contributed by atoms with E-state index in [2.05, 4.69) is 11.9 Å². The Bertz CT molecular complexity index is 433. The van der Waals surface area contributed by atoms with Crippen molar-refractivity contribution < 1.29 is 14.3 Å². The summed E-state index contributed by atoms with van der Waals surface area (Å²) in [4.78, 5) is 11.8. The van der Waals surface area contributed by atoms with Gasteiger partial charge in [0.25, 0.3) is 5.91 Å². The Morgan fingerprint density at radius 2 is 2.32 bits per heavy atom. The number of nitrogens with one attached hydrogen (secondary N) is 1. The first-order valence-corrected chi connectivity index (χ1v) is 6.09. The molecule has 5 heteroatoms. The van der Waals surface area contributed by atoms with E-state index in [9.17, 15) is 4.79 Å². The van der Waals surface area contributed by atoms with Gasteiger partial charge in [-0.15, -0.1) is 0 Å². The smallest absolute Gasteiger partial charge is 0.251 e. The highest BCUT2D eigenvalue weighted by Gasteiger charge is 2.08. The second-order valence-corrected chi connectivity index (χ2v) is 3.95. The molecule has 0 aromatic heterocycles. The third-order valence-corrected chi connectivity index (χ3v) is 2.44. The highest BCUT2D eigenvalue weighted by Crippen LogP contribution is 2.22. The van der Waals surface area contributed by atoms with Gasteiger partial charge in [-0.05, 0) is 24.6 Å². The van der Waals surface area contributed by atoms with Crippen LogP contribution in [0.2, 0.25) is 0 Å². The van der Waals surface area contributed by atoms with Crippen molar-refractivity contribution in [3.05, 3.63) is 36.4 Å². The van der Waals surface area contributed by atoms with Crippen molar-refractivity contribution in [3.63, 3.8) is 0 Å². The molecule has 0 fully saturated rings. The number of benzene rings is 1. The summed E-state index contributed by atoms with van der Waals surface area (Å²) in [7, 11) is 1.63. The van der Waals surface area contributed by atoms with E-state index in [0.29, 0.717) is 36.8 Å². The van der Waals surface area contributed by atoms with Crippen LogP contribution in [0.5, 0.6) is 5.75 Å². The Morgan fingerprint density at radius 3 is 2.95 bits per heavy atom. The van der Waals surface area contributed by atoms with Crippen molar-refractivity contribution in [2.75, 3.05) is 32.6 Å². The number of carbonyl (C=O) groups excluding carboxylic acids is 1. The summed E-state index contributed by atoms with van der Waals surface area (Å²) >= 11 is 0. The summed E-state index contributed by atoms with van der Waals surface area (Å²) in [5.74, 6) is 0.397. The number of amides is 1. The molecule has 0 saturated heterocycles. The zero-order valence-corrected chi connectivity index (χ0v) is 11.1. The van der Waals surface area contributed by atoms with Crippen molar-refractivity contribution in [2.24, 2.45) is 0 Å². The predicted molar refractivity (Wildman–Crippen MR) is 75.4 cm³/mol. The lowest BCUT2D eigenvalue weighted by Crippen LogP contribution is -2.25. The van der Waals surface area contributed by atoms with Crippen molar-refractivity contribution in [1.29, 1.82) is 0 Å². The average Bonchev–Trinajstić information content (AvgIpc) is 2.42. The molecule has 0 saturated carbocycles. The molecule has 3 N–H and O–H groups in total. The summed E-state index contributed by atoms with van der Waals surface area (Å²) in [6.45, 7) is 5.13. The molecular formula is C14H20N2O3. The molecule has 0 aliphatic carbocycles. The topological polar surface area (TPSA) is 73.6 Å². The van der Waals surface area contributed by atoms with Gasteiger partial charge < -0.3 is 20.5 Å². The standard InChI is InChI=1S/C14H20N2O3/c1-3-8-19-13-6-5-11(10-12(13)15)14(17)16-7-4-9-18-2/h3,5-6,10H,1,4,7-9,15H2,2H3,(H,16,17). The largest absolute Gasteiger partial charge is 0.487 e. The van der Waals surface area contributed by atoms with E-state index in [-0.39, 0.29) is 5.91 Å². The van der Waals surface area contributed by atoms with E-state index in [1.807, 2.05) is 0 Å². The fourth-order valence-electron chi connectivity index (χ4n) is 1.49. The maximum absolute atomic E-state index is 11.8. The monoisotopic (exact) mass is 264 g/mol. The van der Waals surface area contributed by atoms with Gasteiger partial charge in [0.1, 0.15) is 12.4 Å². The lowest BCUT2D eigenvalue weighted by molar-refractivity contribution is 0.0948. The van der Waals surface area contributed by atoms with Crippen LogP contribution in [0.3, 0.4) is 0 Å². The first-order chi connectivity index (χ1) is 9.19. The molecule has 104 valence electrons. The fraction of sp³-hybridized carbons (Fsp3) is 0.357. The van der Waals surface area contributed by atoms with E-state index in [0.717, 1.165) is 6.42 Å². The summed E-state index contributed by atoms with van der Waals surface area (Å²) < 4.78 is 10.2. The number of hydrogen-bond acceptors (Lipinski definition) is 4. The SMILES string of the molecule is C=CCOc1ccc(C(=O)NCCCOC)cc1N. The van der Waals surface area contributed by atoms with Gasteiger partial charge in [-0.3, -0.25) is 4.79 Å². The van der Waals surface area contributed by atoms with Gasteiger partial charge >= 0.3 is 0 Å². The van der Waals surface area contributed by atoms with Crippen molar-refractivity contribution in [1.82, 2.24) is 5.32 Å². The number of carbonyl (C=O) groups is 1. The number of rotatable bonds is 8. The van der Waals surface area contributed by atoms with Crippen LogP contribution >= 0.6 is 0 Å². The highest BCUT2D eigenvalue weighted by atomic mass is 16.5. The lowest BCUT2D eigenvalue weighted by atomic mass is 10.1. The molecular weight excluding hydrogens is 244 g/mol. The molecule has 0 aliphatic heterocycles. The Morgan fingerprint density at radius 1 is 1.53 bits per heavy atom. The molecule has 19 heavy (non-hydrogen) atoms. The number of nitrogen functional groups attached to an aromatic ring is 1. The molecule has 1 rings (SSSR count). The summed E-state index contributed by atoms with van der Waals surface area (Å²) in [6, 6.07) is 4.97. The fourth-order valence-corrected chi connectivity index (χ4v) is 1.49. The Balaban J connectivity index is 2.56. The predicted octanol–water partition coefficient (Wildman–Crippen LogP) is 1.60. The Hall–Kier alpha value is -2.01. The van der Waals surface area contributed by atoms with E-state index >= 15 is 0 Å². The molecule has 1 aromatic carbocycles. The van der Waals surface area contributed by atoms with Crippen LogP contribution in [-0.2, 0) is 4.74 Å². The first-order valence-electron chi connectivity index (χ1n) is 6.09. The maximum Gasteiger partial charge on any atom is 0.251 e. The molecule has 5 nitrogen and oxygen atoms in total. The van der Waals surface area contributed by atoms with Crippen molar-refractivity contribution in [2.45, 2.75) is 6.42 Å². The zero-order chi connectivity index (χ0) is 14.1. The molecule has 0 atom stereocenters. The zero-order valence-electron chi connectivity index (χ0n) is 11.1. The van der Waals surface area contributed by atoms with Crippen LogP contribution < -0.4 is 15.8 Å². The van der Waals surface area contributed by atoms with Gasteiger partial charge in [0.2, 0.25) is 0 Å². The molecule has 0 radical (unpaired) electrons. The van der Waals surface area contributed by atoms with Crippen LogP contribution in [-0.4, -0.2) is 32.8 Å². The highest BCUT2D eigenvalue weighted by molar-refractivity contribution is 5.95. The number of methoxy groups -OCH3 is 1. The number of anilines is 1. The van der Waals surface area contributed by atoms with Crippen LogP contribution in [0, 0.1) is 0 Å². The first kappa shape index (κ1) is 15.0. The van der Waals surface area contributed by atoms with Gasteiger partial charge in [-0.1, -0.05) is 12.7 Å². The second kappa shape index (κ2) is 8.16. The molecule has 0 aliphatic rings. The van der Waals surface area contributed by atoms with Crippen molar-refractivity contribution >= 4 is 11.6 Å².